The second-order valence-corrected chi connectivity index (χ2v) is 15.6. The van der Waals surface area contributed by atoms with Crippen LogP contribution in [0.4, 0.5) is 0 Å². The molecular weight excluding hydrogens is 425 g/mol. The van der Waals surface area contributed by atoms with Gasteiger partial charge in [0.05, 0.1) is 0 Å². The summed E-state index contributed by atoms with van der Waals surface area (Å²) in [6.45, 7) is 6.38. The van der Waals surface area contributed by atoms with Gasteiger partial charge in [-0.05, 0) is 0 Å². The Labute approximate surface area is 200 Å². The van der Waals surface area contributed by atoms with Crippen molar-refractivity contribution in [1.82, 2.24) is 4.98 Å². The number of fused-ring (bicyclic) bond motifs is 3. The summed E-state index contributed by atoms with van der Waals surface area (Å²) in [5.74, 6) is -0.107. The maximum atomic E-state index is 14.0. The van der Waals surface area contributed by atoms with E-state index >= 15 is 0 Å². The molecule has 0 saturated carbocycles. The van der Waals surface area contributed by atoms with E-state index in [4.69, 9.17) is 4.52 Å². The molecule has 0 atom stereocenters. The van der Waals surface area contributed by atoms with Crippen molar-refractivity contribution < 1.29 is 9.32 Å². The number of aromatic nitrogens is 1. The second-order valence-electron chi connectivity index (χ2n) is 9.94. The van der Waals surface area contributed by atoms with E-state index in [1.807, 2.05) is 18.2 Å². The van der Waals surface area contributed by atoms with Crippen molar-refractivity contribution in [2.24, 2.45) is 0 Å². The van der Waals surface area contributed by atoms with Crippen LogP contribution in [0.5, 0.6) is 0 Å². The number of rotatable bonds is 14. The number of unbranched alkanes of at least 4 members (excludes halogenated alkanes) is 4. The van der Waals surface area contributed by atoms with Crippen molar-refractivity contribution in [2.75, 3.05) is 24.6 Å². The van der Waals surface area contributed by atoms with Gasteiger partial charge in [0, 0.05) is 0 Å². The minimum atomic E-state index is -2.67. The third kappa shape index (κ3) is 5.62. The molecule has 1 N–H and O–H groups in total. The Morgan fingerprint density at radius 2 is 1.24 bits per heavy atom. The molecule has 0 aliphatic rings. The molecule has 2 aromatic carbocycles. The van der Waals surface area contributed by atoms with Gasteiger partial charge in [0.15, 0.2) is 0 Å². The van der Waals surface area contributed by atoms with Crippen molar-refractivity contribution in [3.63, 3.8) is 0 Å². The molecular formula is C29H44NO2P. The Morgan fingerprint density at radius 3 is 1.79 bits per heavy atom. The van der Waals surface area contributed by atoms with Gasteiger partial charge in [0.1, 0.15) is 0 Å². The van der Waals surface area contributed by atoms with Gasteiger partial charge < -0.3 is 0 Å². The van der Waals surface area contributed by atoms with Crippen LogP contribution in [0.25, 0.3) is 21.8 Å². The monoisotopic (exact) mass is 469 g/mol. The molecule has 3 nitrogen and oxygen atoms in total. The SMILES string of the molecule is CCCCP(CCCC)(CCCC)(CCCC)OC(=O)c1cccc2c1[nH]c1ccccc12. The van der Waals surface area contributed by atoms with Gasteiger partial charge in [-0.15, -0.1) is 0 Å². The summed E-state index contributed by atoms with van der Waals surface area (Å²) in [5, 5.41) is 2.26. The van der Waals surface area contributed by atoms with Gasteiger partial charge in [0.25, 0.3) is 0 Å². The van der Waals surface area contributed by atoms with Crippen LogP contribution in [-0.4, -0.2) is 35.6 Å². The first kappa shape index (κ1) is 25.8. The zero-order valence-electron chi connectivity index (χ0n) is 21.3. The number of benzene rings is 2. The molecule has 0 amide bonds. The first-order chi connectivity index (χ1) is 16.0. The zero-order chi connectivity index (χ0) is 23.8. The van der Waals surface area contributed by atoms with Crippen LogP contribution in [0, 0.1) is 0 Å². The number of para-hydroxylation sites is 2. The number of H-pyrrole nitrogens is 1. The normalized spacial score (nSPS) is 13.3. The molecule has 0 radical (unpaired) electrons. The molecule has 0 aliphatic heterocycles. The fraction of sp³-hybridized carbons (Fsp3) is 0.552. The molecule has 0 bridgehead atoms. The Hall–Kier alpha value is -1.86. The van der Waals surface area contributed by atoms with E-state index in [0.29, 0.717) is 5.56 Å². The van der Waals surface area contributed by atoms with Gasteiger partial charge in [-0.3, -0.25) is 0 Å². The molecule has 3 aromatic rings. The first-order valence-corrected chi connectivity index (χ1v) is 16.2. The molecule has 0 saturated heterocycles. The number of nitrogens with one attached hydrogen (secondary N) is 1. The zero-order valence-corrected chi connectivity index (χ0v) is 22.2. The number of carbonyl (C=O) groups excluding carboxylic acids is 1. The molecule has 1 aromatic heterocycles. The van der Waals surface area contributed by atoms with Crippen molar-refractivity contribution in [2.45, 2.75) is 79.1 Å². The summed E-state index contributed by atoms with van der Waals surface area (Å²) in [5.41, 5.74) is 2.68. The number of carbonyl (C=O) groups is 1. The molecule has 0 aliphatic carbocycles. The quantitative estimate of drug-likeness (QED) is 0.239. The van der Waals surface area contributed by atoms with Gasteiger partial charge >= 0.3 is 201 Å². The van der Waals surface area contributed by atoms with Gasteiger partial charge in [-0.2, -0.15) is 0 Å². The van der Waals surface area contributed by atoms with Crippen molar-refractivity contribution in [3.05, 3.63) is 48.0 Å². The maximum absolute atomic E-state index is 14.0. The van der Waals surface area contributed by atoms with Crippen LogP contribution >= 0.6 is 6.83 Å². The molecule has 1 heterocycles. The minimum absolute atomic E-state index is 0.107. The molecule has 0 unspecified atom stereocenters. The summed E-state index contributed by atoms with van der Waals surface area (Å²) < 4.78 is 7.00. The fourth-order valence-corrected chi connectivity index (χ4v) is 12.2. The average molecular weight is 470 g/mol. The third-order valence-electron chi connectivity index (χ3n) is 7.41. The van der Waals surface area contributed by atoms with Crippen LogP contribution in [-0.2, 0) is 4.52 Å². The van der Waals surface area contributed by atoms with E-state index < -0.39 is 6.83 Å². The summed E-state index contributed by atoms with van der Waals surface area (Å²) in [6, 6.07) is 14.3. The van der Waals surface area contributed by atoms with Crippen molar-refractivity contribution in [1.29, 1.82) is 0 Å². The Bertz CT molecular complexity index is 1010. The number of aromatic amines is 1. The average Bonchev–Trinajstić information content (AvgIpc) is 3.23. The molecule has 3 rings (SSSR count). The van der Waals surface area contributed by atoms with Gasteiger partial charge in [-0.25, -0.2) is 0 Å². The van der Waals surface area contributed by atoms with Crippen LogP contribution in [0.2, 0.25) is 0 Å². The Kier molecular flexibility index (Phi) is 8.99. The summed E-state index contributed by atoms with van der Waals surface area (Å²) >= 11 is 0. The Balaban J connectivity index is 2.09. The Morgan fingerprint density at radius 1 is 0.727 bits per heavy atom. The van der Waals surface area contributed by atoms with Crippen LogP contribution < -0.4 is 0 Å². The molecule has 4 heteroatoms. The summed E-state index contributed by atoms with van der Waals surface area (Å²) in [4.78, 5) is 17.5. The predicted octanol–water partition coefficient (Wildman–Crippen LogP) is 9.15. The van der Waals surface area contributed by atoms with E-state index in [1.165, 1.54) is 0 Å². The molecule has 0 spiro atoms. The summed E-state index contributed by atoms with van der Waals surface area (Å²) in [7, 11) is 0. The van der Waals surface area contributed by atoms with Crippen molar-refractivity contribution in [3.8, 4) is 0 Å². The molecule has 33 heavy (non-hydrogen) atoms. The standard InChI is InChI=1S/C29H44NO2P/c1-5-9-20-33(21-10-6-2,22-11-7-3,23-12-8-4)32-29(31)26-18-15-17-25-24-16-13-14-19-27(24)30-28(25)26/h13-19,30H,5-12,20-23H2,1-4H3. The molecule has 182 valence electrons. The van der Waals surface area contributed by atoms with Gasteiger partial charge in [-0.1, -0.05) is 0 Å². The van der Waals surface area contributed by atoms with E-state index in [0.717, 1.165) is 97.8 Å². The van der Waals surface area contributed by atoms with Crippen LogP contribution in [0.1, 0.15) is 89.4 Å². The van der Waals surface area contributed by atoms with E-state index in [-0.39, 0.29) is 5.97 Å². The van der Waals surface area contributed by atoms with Gasteiger partial charge in [0.2, 0.25) is 0 Å². The van der Waals surface area contributed by atoms with Crippen molar-refractivity contribution >= 4 is 34.6 Å². The fourth-order valence-electron chi connectivity index (χ4n) is 5.41. The van der Waals surface area contributed by atoms with E-state index in [2.05, 4.69) is 56.9 Å². The second kappa shape index (κ2) is 11.5. The van der Waals surface area contributed by atoms with Crippen LogP contribution in [0.15, 0.2) is 42.5 Å². The predicted molar refractivity (Wildman–Crippen MR) is 147 cm³/mol. The van der Waals surface area contributed by atoms with Crippen LogP contribution in [0.3, 0.4) is 0 Å². The van der Waals surface area contributed by atoms with E-state index in [9.17, 15) is 4.79 Å². The number of hydrogen-bond donors (Lipinski definition) is 1. The third-order valence-corrected chi connectivity index (χ3v) is 13.9. The topological polar surface area (TPSA) is 42.1 Å². The summed E-state index contributed by atoms with van der Waals surface area (Å²) in [6.07, 6.45) is 13.6. The first-order valence-electron chi connectivity index (χ1n) is 13.3. The number of hydrogen-bond acceptors (Lipinski definition) is 2. The van der Waals surface area contributed by atoms with E-state index in [1.54, 1.807) is 0 Å². The molecule has 0 fully saturated rings.